The molecular formula is C14H17BFNO3. The standard InChI is InChI=1S/C14H17BFNO3/c1-13(2)14(3,4)20-15(19-13)9-5-8-7-17-12(18)11(8)10(16)6-9/h5-7,17-18H,1-4H3. The lowest BCUT2D eigenvalue weighted by atomic mass is 9.78. The zero-order valence-electron chi connectivity index (χ0n) is 12.0. The molecule has 20 heavy (non-hydrogen) atoms. The molecule has 1 aliphatic heterocycles. The number of hydrogen-bond acceptors (Lipinski definition) is 3. The van der Waals surface area contributed by atoms with Gasteiger partial charge in [0.25, 0.3) is 0 Å². The number of halogens is 1. The molecular weight excluding hydrogens is 260 g/mol. The van der Waals surface area contributed by atoms with Crippen molar-refractivity contribution in [3.63, 3.8) is 0 Å². The number of aromatic amines is 1. The van der Waals surface area contributed by atoms with Crippen molar-refractivity contribution in [2.24, 2.45) is 0 Å². The Morgan fingerprint density at radius 2 is 1.75 bits per heavy atom. The van der Waals surface area contributed by atoms with Crippen molar-refractivity contribution in [1.29, 1.82) is 0 Å². The number of nitrogens with one attached hydrogen (secondary N) is 1. The van der Waals surface area contributed by atoms with Gasteiger partial charge in [0.2, 0.25) is 0 Å². The summed E-state index contributed by atoms with van der Waals surface area (Å²) in [6.07, 6.45) is 1.56. The molecule has 1 saturated heterocycles. The summed E-state index contributed by atoms with van der Waals surface area (Å²) in [6, 6.07) is 3.11. The first-order valence-electron chi connectivity index (χ1n) is 6.56. The SMILES string of the molecule is CC1(C)OB(c2cc(F)c3c(O)[nH]cc3c2)OC1(C)C. The first-order chi connectivity index (χ1) is 9.21. The van der Waals surface area contributed by atoms with Gasteiger partial charge in [-0.05, 0) is 39.2 Å². The second kappa shape index (κ2) is 3.99. The third-order valence-electron chi connectivity index (χ3n) is 4.27. The molecule has 0 spiro atoms. The van der Waals surface area contributed by atoms with Gasteiger partial charge in [-0.1, -0.05) is 6.07 Å². The Labute approximate surface area is 117 Å². The van der Waals surface area contributed by atoms with Gasteiger partial charge in [0.15, 0.2) is 5.88 Å². The minimum atomic E-state index is -0.615. The van der Waals surface area contributed by atoms with Crippen LogP contribution in [-0.4, -0.2) is 28.4 Å². The summed E-state index contributed by atoms with van der Waals surface area (Å²) < 4.78 is 25.9. The first-order valence-corrected chi connectivity index (χ1v) is 6.56. The fourth-order valence-corrected chi connectivity index (χ4v) is 2.35. The van der Waals surface area contributed by atoms with Crippen LogP contribution in [-0.2, 0) is 9.31 Å². The number of aromatic hydroxyl groups is 1. The molecule has 4 nitrogen and oxygen atoms in total. The van der Waals surface area contributed by atoms with Gasteiger partial charge in [0, 0.05) is 11.6 Å². The Kier molecular flexibility index (Phi) is 2.69. The minimum absolute atomic E-state index is 0.169. The van der Waals surface area contributed by atoms with Crippen LogP contribution in [0.5, 0.6) is 5.88 Å². The van der Waals surface area contributed by atoms with E-state index in [-0.39, 0.29) is 11.3 Å². The number of aromatic nitrogens is 1. The Balaban J connectivity index is 2.04. The van der Waals surface area contributed by atoms with E-state index in [0.29, 0.717) is 10.8 Å². The zero-order chi connectivity index (χ0) is 14.7. The molecule has 0 atom stereocenters. The molecule has 1 aromatic carbocycles. The van der Waals surface area contributed by atoms with Crippen LogP contribution >= 0.6 is 0 Å². The molecule has 6 heteroatoms. The third kappa shape index (κ3) is 1.83. The van der Waals surface area contributed by atoms with Crippen LogP contribution in [0.1, 0.15) is 27.7 Å². The maximum absolute atomic E-state index is 14.1. The molecule has 0 amide bonds. The highest BCUT2D eigenvalue weighted by Crippen LogP contribution is 2.37. The summed E-state index contributed by atoms with van der Waals surface area (Å²) in [6.45, 7) is 7.79. The lowest BCUT2D eigenvalue weighted by Gasteiger charge is -2.32. The fraction of sp³-hybridized carbons (Fsp3) is 0.429. The van der Waals surface area contributed by atoms with Crippen molar-refractivity contribution in [3.8, 4) is 5.88 Å². The average molecular weight is 277 g/mol. The highest BCUT2D eigenvalue weighted by molar-refractivity contribution is 6.62. The van der Waals surface area contributed by atoms with Gasteiger partial charge in [0.05, 0.1) is 16.6 Å². The maximum Gasteiger partial charge on any atom is 0.494 e. The number of rotatable bonds is 1. The largest absolute Gasteiger partial charge is 0.494 e. The van der Waals surface area contributed by atoms with E-state index in [0.717, 1.165) is 0 Å². The van der Waals surface area contributed by atoms with Crippen LogP contribution in [0.4, 0.5) is 4.39 Å². The summed E-state index contributed by atoms with van der Waals surface area (Å²) >= 11 is 0. The van der Waals surface area contributed by atoms with Gasteiger partial charge in [0.1, 0.15) is 5.82 Å². The van der Waals surface area contributed by atoms with Crippen LogP contribution in [0.2, 0.25) is 0 Å². The van der Waals surface area contributed by atoms with Gasteiger partial charge in [-0.3, -0.25) is 0 Å². The van der Waals surface area contributed by atoms with E-state index in [1.807, 2.05) is 27.7 Å². The molecule has 2 N–H and O–H groups in total. The Bertz CT molecular complexity index is 664. The lowest BCUT2D eigenvalue weighted by Crippen LogP contribution is -2.41. The molecule has 0 unspecified atom stereocenters. The van der Waals surface area contributed by atoms with Crippen LogP contribution in [0, 0.1) is 5.82 Å². The van der Waals surface area contributed by atoms with Crippen molar-refractivity contribution >= 4 is 23.4 Å². The van der Waals surface area contributed by atoms with Gasteiger partial charge in [-0.2, -0.15) is 0 Å². The summed E-state index contributed by atoms with van der Waals surface area (Å²) in [5, 5.41) is 10.3. The number of hydrogen-bond donors (Lipinski definition) is 2. The van der Waals surface area contributed by atoms with Crippen LogP contribution in [0.15, 0.2) is 18.3 Å². The van der Waals surface area contributed by atoms with Crippen LogP contribution < -0.4 is 5.46 Å². The summed E-state index contributed by atoms with van der Waals surface area (Å²) in [5.74, 6) is -0.663. The van der Waals surface area contributed by atoms with Gasteiger partial charge >= 0.3 is 7.12 Å². The van der Waals surface area contributed by atoms with Crippen molar-refractivity contribution < 1.29 is 18.8 Å². The van der Waals surface area contributed by atoms with E-state index in [4.69, 9.17) is 9.31 Å². The highest BCUT2D eigenvalue weighted by atomic mass is 19.1. The second-order valence-corrected chi connectivity index (χ2v) is 6.19. The Morgan fingerprint density at radius 3 is 2.35 bits per heavy atom. The lowest BCUT2D eigenvalue weighted by molar-refractivity contribution is 0.00578. The molecule has 1 fully saturated rings. The highest BCUT2D eigenvalue weighted by Gasteiger charge is 2.51. The smallest absolute Gasteiger partial charge is 0.494 e. The van der Waals surface area contributed by atoms with Crippen molar-refractivity contribution in [1.82, 2.24) is 4.98 Å². The van der Waals surface area contributed by atoms with E-state index < -0.39 is 24.1 Å². The van der Waals surface area contributed by atoms with E-state index >= 15 is 0 Å². The molecule has 2 aromatic rings. The van der Waals surface area contributed by atoms with Gasteiger partial charge in [-0.25, -0.2) is 4.39 Å². The maximum atomic E-state index is 14.1. The van der Waals surface area contributed by atoms with E-state index in [9.17, 15) is 9.50 Å². The predicted molar refractivity (Wildman–Crippen MR) is 75.6 cm³/mol. The monoisotopic (exact) mass is 277 g/mol. The zero-order valence-corrected chi connectivity index (χ0v) is 12.0. The Morgan fingerprint density at radius 1 is 1.15 bits per heavy atom. The van der Waals surface area contributed by atoms with Crippen molar-refractivity contribution in [2.75, 3.05) is 0 Å². The molecule has 106 valence electrons. The molecule has 0 saturated carbocycles. The van der Waals surface area contributed by atoms with Gasteiger partial charge in [-0.15, -0.1) is 0 Å². The first kappa shape index (κ1) is 13.5. The number of H-pyrrole nitrogens is 1. The molecule has 2 heterocycles. The van der Waals surface area contributed by atoms with Crippen LogP contribution in [0.25, 0.3) is 10.8 Å². The van der Waals surface area contributed by atoms with Crippen molar-refractivity contribution in [2.45, 2.75) is 38.9 Å². The van der Waals surface area contributed by atoms with E-state index in [1.54, 1.807) is 12.3 Å². The Hall–Kier alpha value is -1.53. The molecule has 1 aliphatic rings. The summed E-state index contributed by atoms with van der Waals surface area (Å²) in [7, 11) is -0.615. The topological polar surface area (TPSA) is 54.5 Å². The average Bonchev–Trinajstić information content (AvgIpc) is 2.78. The molecule has 1 aromatic heterocycles. The van der Waals surface area contributed by atoms with Crippen molar-refractivity contribution in [3.05, 3.63) is 24.1 Å². The molecule has 3 rings (SSSR count). The molecule has 0 radical (unpaired) electrons. The fourth-order valence-electron chi connectivity index (χ4n) is 2.35. The predicted octanol–water partition coefficient (Wildman–Crippen LogP) is 2.31. The normalized spacial score (nSPS) is 20.8. The van der Waals surface area contributed by atoms with Gasteiger partial charge < -0.3 is 19.4 Å². The van der Waals surface area contributed by atoms with E-state index in [1.165, 1.54) is 6.07 Å². The minimum Gasteiger partial charge on any atom is -0.494 e. The molecule has 0 bridgehead atoms. The quantitative estimate of drug-likeness (QED) is 0.786. The van der Waals surface area contributed by atoms with Crippen LogP contribution in [0.3, 0.4) is 0 Å². The van der Waals surface area contributed by atoms with E-state index in [2.05, 4.69) is 4.98 Å². The molecule has 0 aliphatic carbocycles. The summed E-state index contributed by atoms with van der Waals surface area (Å²) in [4.78, 5) is 2.60. The summed E-state index contributed by atoms with van der Waals surface area (Å²) in [5.41, 5.74) is -0.333. The number of fused-ring (bicyclic) bond motifs is 1. The third-order valence-corrected chi connectivity index (χ3v) is 4.27. The number of benzene rings is 1. The second-order valence-electron chi connectivity index (χ2n) is 6.19.